The van der Waals surface area contributed by atoms with Crippen LogP contribution in [-0.4, -0.2) is 56.3 Å². The summed E-state index contributed by atoms with van der Waals surface area (Å²) in [6, 6.07) is 14.6. The Bertz CT molecular complexity index is 980. The second kappa shape index (κ2) is 10.3. The van der Waals surface area contributed by atoms with Crippen LogP contribution in [0.15, 0.2) is 53.4 Å². The molecule has 1 fully saturated rings. The minimum absolute atomic E-state index is 0.100. The van der Waals surface area contributed by atoms with Crippen molar-refractivity contribution >= 4 is 15.9 Å². The van der Waals surface area contributed by atoms with Crippen LogP contribution in [0.25, 0.3) is 0 Å². The second-order valence-electron chi connectivity index (χ2n) is 7.93. The number of amides is 1. The Kier molecular flexibility index (Phi) is 7.73. The van der Waals surface area contributed by atoms with Gasteiger partial charge in [-0.1, -0.05) is 38.1 Å². The number of carbonyl (C=O) groups is 1. The largest absolute Gasteiger partial charge is 0.493 e. The predicted octanol–water partition coefficient (Wildman–Crippen LogP) is 3.96. The Labute approximate surface area is 185 Å². The van der Waals surface area contributed by atoms with E-state index in [0.717, 1.165) is 24.2 Å². The van der Waals surface area contributed by atoms with E-state index in [1.54, 1.807) is 12.1 Å². The summed E-state index contributed by atoms with van der Waals surface area (Å²) in [5, 5.41) is 0. The SMILES string of the molecule is CCN(CC)S(=O)(=O)c1ccc(C)c(C(=O)N2CCC(COc3ccccc3)CC2)c1. The summed E-state index contributed by atoms with van der Waals surface area (Å²) in [5.41, 5.74) is 1.25. The van der Waals surface area contributed by atoms with Gasteiger partial charge in [0.25, 0.3) is 5.91 Å². The molecule has 0 saturated carbocycles. The molecule has 31 heavy (non-hydrogen) atoms. The molecule has 1 saturated heterocycles. The van der Waals surface area contributed by atoms with E-state index < -0.39 is 10.0 Å². The van der Waals surface area contributed by atoms with Gasteiger partial charge in [0.1, 0.15) is 5.75 Å². The standard InChI is InChI=1S/C24H32N2O4S/c1-4-26(5-2)31(28,29)22-12-11-19(3)23(17-22)24(27)25-15-13-20(14-16-25)18-30-21-9-7-6-8-10-21/h6-12,17,20H,4-5,13-16,18H2,1-3H3. The van der Waals surface area contributed by atoms with Gasteiger partial charge in [0.15, 0.2) is 0 Å². The number of piperidine rings is 1. The number of sulfonamides is 1. The number of benzene rings is 2. The summed E-state index contributed by atoms with van der Waals surface area (Å²) in [6.45, 7) is 8.20. The lowest BCUT2D eigenvalue weighted by molar-refractivity contribution is 0.0660. The molecular formula is C24H32N2O4S. The zero-order chi connectivity index (χ0) is 22.4. The van der Waals surface area contributed by atoms with Crippen LogP contribution < -0.4 is 4.74 Å². The molecule has 2 aromatic carbocycles. The highest BCUT2D eigenvalue weighted by Gasteiger charge is 2.27. The molecule has 1 aliphatic heterocycles. The molecule has 7 heteroatoms. The Balaban J connectivity index is 1.65. The fourth-order valence-electron chi connectivity index (χ4n) is 3.91. The molecule has 6 nitrogen and oxygen atoms in total. The van der Waals surface area contributed by atoms with Crippen LogP contribution in [0.4, 0.5) is 0 Å². The first-order valence-electron chi connectivity index (χ1n) is 10.9. The van der Waals surface area contributed by atoms with Crippen LogP contribution >= 0.6 is 0 Å². The summed E-state index contributed by atoms with van der Waals surface area (Å²) < 4.78 is 33.0. The molecule has 0 spiro atoms. The van der Waals surface area contributed by atoms with Crippen LogP contribution in [-0.2, 0) is 10.0 Å². The molecule has 1 heterocycles. The highest BCUT2D eigenvalue weighted by molar-refractivity contribution is 7.89. The van der Waals surface area contributed by atoms with Gasteiger partial charge in [-0.2, -0.15) is 4.31 Å². The Morgan fingerprint density at radius 1 is 1.06 bits per heavy atom. The lowest BCUT2D eigenvalue weighted by Crippen LogP contribution is -2.40. The number of hydrogen-bond acceptors (Lipinski definition) is 4. The van der Waals surface area contributed by atoms with Crippen LogP contribution in [0.5, 0.6) is 5.75 Å². The third-order valence-electron chi connectivity index (χ3n) is 5.91. The molecule has 0 aliphatic carbocycles. The maximum absolute atomic E-state index is 13.2. The molecule has 1 aliphatic rings. The van der Waals surface area contributed by atoms with Gasteiger partial charge in [0.05, 0.1) is 11.5 Å². The van der Waals surface area contributed by atoms with E-state index in [-0.39, 0.29) is 10.8 Å². The number of para-hydroxylation sites is 1. The summed E-state index contributed by atoms with van der Waals surface area (Å²) in [7, 11) is -3.60. The van der Waals surface area contributed by atoms with E-state index in [4.69, 9.17) is 4.74 Å². The number of aryl methyl sites for hydroxylation is 1. The summed E-state index contributed by atoms with van der Waals surface area (Å²) >= 11 is 0. The number of ether oxygens (including phenoxy) is 1. The number of likely N-dealkylation sites (tertiary alicyclic amines) is 1. The molecule has 3 rings (SSSR count). The van der Waals surface area contributed by atoms with Crippen LogP contribution in [0.1, 0.15) is 42.6 Å². The van der Waals surface area contributed by atoms with E-state index in [0.29, 0.717) is 44.3 Å². The Hall–Kier alpha value is -2.38. The van der Waals surface area contributed by atoms with Crippen molar-refractivity contribution in [2.24, 2.45) is 5.92 Å². The van der Waals surface area contributed by atoms with Crippen molar-refractivity contribution in [3.8, 4) is 5.75 Å². The highest BCUT2D eigenvalue weighted by Crippen LogP contribution is 2.24. The van der Waals surface area contributed by atoms with E-state index in [1.807, 2.05) is 56.0 Å². The maximum Gasteiger partial charge on any atom is 0.254 e. The third-order valence-corrected chi connectivity index (χ3v) is 7.96. The Morgan fingerprint density at radius 2 is 1.71 bits per heavy atom. The van der Waals surface area contributed by atoms with Gasteiger partial charge in [-0.05, 0) is 55.5 Å². The van der Waals surface area contributed by atoms with Gasteiger partial charge >= 0.3 is 0 Å². The molecule has 1 amide bonds. The average Bonchev–Trinajstić information content (AvgIpc) is 2.79. The molecule has 168 valence electrons. The monoisotopic (exact) mass is 444 g/mol. The van der Waals surface area contributed by atoms with E-state index in [2.05, 4.69) is 0 Å². The number of carbonyl (C=O) groups excluding carboxylic acids is 1. The summed E-state index contributed by atoms with van der Waals surface area (Å²) in [6.07, 6.45) is 1.74. The van der Waals surface area contributed by atoms with Crippen molar-refractivity contribution in [2.45, 2.75) is 38.5 Å². The first kappa shape index (κ1) is 23.3. The van der Waals surface area contributed by atoms with E-state index in [1.165, 1.54) is 10.4 Å². The van der Waals surface area contributed by atoms with Crippen molar-refractivity contribution in [3.05, 3.63) is 59.7 Å². The molecule has 0 unspecified atom stereocenters. The topological polar surface area (TPSA) is 66.9 Å². The number of hydrogen-bond donors (Lipinski definition) is 0. The van der Waals surface area contributed by atoms with E-state index >= 15 is 0 Å². The third kappa shape index (κ3) is 5.46. The lowest BCUT2D eigenvalue weighted by atomic mass is 9.96. The molecule has 0 aromatic heterocycles. The Morgan fingerprint density at radius 3 is 2.32 bits per heavy atom. The van der Waals surface area contributed by atoms with Gasteiger partial charge in [-0.3, -0.25) is 4.79 Å². The van der Waals surface area contributed by atoms with E-state index in [9.17, 15) is 13.2 Å². The van der Waals surface area contributed by atoms with Crippen molar-refractivity contribution in [1.82, 2.24) is 9.21 Å². The first-order valence-corrected chi connectivity index (χ1v) is 12.4. The number of rotatable bonds is 8. The molecule has 0 radical (unpaired) electrons. The quantitative estimate of drug-likeness (QED) is 0.618. The van der Waals surface area contributed by atoms with Gasteiger partial charge in [-0.15, -0.1) is 0 Å². The van der Waals surface area contributed by atoms with Crippen LogP contribution in [0.3, 0.4) is 0 Å². The molecule has 0 atom stereocenters. The highest BCUT2D eigenvalue weighted by atomic mass is 32.2. The number of nitrogens with zero attached hydrogens (tertiary/aromatic N) is 2. The smallest absolute Gasteiger partial charge is 0.254 e. The van der Waals surface area contributed by atoms with Crippen molar-refractivity contribution in [1.29, 1.82) is 0 Å². The zero-order valence-electron chi connectivity index (χ0n) is 18.6. The average molecular weight is 445 g/mol. The van der Waals surface area contributed by atoms with Gasteiger partial charge < -0.3 is 9.64 Å². The minimum atomic E-state index is -3.60. The van der Waals surface area contributed by atoms with Crippen LogP contribution in [0.2, 0.25) is 0 Å². The molecular weight excluding hydrogens is 412 g/mol. The zero-order valence-corrected chi connectivity index (χ0v) is 19.4. The van der Waals surface area contributed by atoms with Crippen molar-refractivity contribution in [2.75, 3.05) is 32.8 Å². The second-order valence-corrected chi connectivity index (χ2v) is 9.86. The van der Waals surface area contributed by atoms with Gasteiger partial charge in [0, 0.05) is 31.7 Å². The van der Waals surface area contributed by atoms with Gasteiger partial charge in [0.2, 0.25) is 10.0 Å². The van der Waals surface area contributed by atoms with Crippen molar-refractivity contribution in [3.63, 3.8) is 0 Å². The maximum atomic E-state index is 13.2. The van der Waals surface area contributed by atoms with Gasteiger partial charge in [-0.25, -0.2) is 8.42 Å². The lowest BCUT2D eigenvalue weighted by Gasteiger charge is -2.32. The minimum Gasteiger partial charge on any atom is -0.493 e. The normalized spacial score (nSPS) is 15.3. The summed E-state index contributed by atoms with van der Waals surface area (Å²) in [5.74, 6) is 1.17. The fraction of sp³-hybridized carbons (Fsp3) is 0.458. The fourth-order valence-corrected chi connectivity index (χ4v) is 5.39. The first-order chi connectivity index (χ1) is 14.9. The van der Waals surface area contributed by atoms with Crippen LogP contribution in [0, 0.1) is 12.8 Å². The molecule has 0 N–H and O–H groups in total. The van der Waals surface area contributed by atoms with Crippen molar-refractivity contribution < 1.29 is 17.9 Å². The molecule has 2 aromatic rings. The predicted molar refractivity (Wildman–Crippen MR) is 122 cm³/mol. The summed E-state index contributed by atoms with van der Waals surface area (Å²) in [4.78, 5) is 15.2. The molecule has 0 bridgehead atoms.